The van der Waals surface area contributed by atoms with E-state index in [9.17, 15) is 10.1 Å². The van der Waals surface area contributed by atoms with Crippen LogP contribution in [0.2, 0.25) is 0 Å². The molecule has 0 amide bonds. The Balaban J connectivity index is 2.08. The Morgan fingerprint density at radius 3 is 2.83 bits per heavy atom. The summed E-state index contributed by atoms with van der Waals surface area (Å²) in [6.07, 6.45) is 6.54. The Bertz CT molecular complexity index is 1040. The Morgan fingerprint density at radius 2 is 2.14 bits per heavy atom. The lowest BCUT2D eigenvalue weighted by Gasteiger charge is -2.12. The van der Waals surface area contributed by atoms with E-state index in [4.69, 9.17) is 4.74 Å². The third kappa shape index (κ3) is 4.82. The molecule has 29 heavy (non-hydrogen) atoms. The monoisotopic (exact) mass is 405 g/mol. The number of benzene rings is 1. The molecule has 0 aliphatic carbocycles. The third-order valence-corrected chi connectivity index (χ3v) is 5.58. The van der Waals surface area contributed by atoms with Gasteiger partial charge in [0.25, 0.3) is 0 Å². The summed E-state index contributed by atoms with van der Waals surface area (Å²) in [5, 5.41) is 11.4. The van der Waals surface area contributed by atoms with Gasteiger partial charge in [0.05, 0.1) is 42.8 Å². The van der Waals surface area contributed by atoms with Gasteiger partial charge in [0.2, 0.25) is 0 Å². The molecule has 0 spiro atoms. The first kappa shape index (κ1) is 20.6. The van der Waals surface area contributed by atoms with Gasteiger partial charge in [0.15, 0.2) is 0 Å². The molecule has 0 atom stereocenters. The number of aromatic nitrogens is 2. The van der Waals surface area contributed by atoms with Crippen LogP contribution in [0.3, 0.4) is 0 Å². The Kier molecular flexibility index (Phi) is 6.99. The molecular weight excluding hydrogens is 382 g/mol. The lowest BCUT2D eigenvalue weighted by Crippen LogP contribution is -2.09. The molecule has 3 aromatic rings. The fourth-order valence-electron chi connectivity index (χ4n) is 3.12. The molecule has 0 bridgehead atoms. The normalized spacial score (nSPS) is 11.3. The minimum absolute atomic E-state index is 0.382. The first-order valence-electron chi connectivity index (χ1n) is 9.54. The molecule has 0 unspecified atom stereocenters. The highest BCUT2D eigenvalue weighted by Crippen LogP contribution is 2.25. The molecule has 3 rings (SSSR count). The lowest BCUT2D eigenvalue weighted by molar-refractivity contribution is -0.133. The summed E-state index contributed by atoms with van der Waals surface area (Å²) >= 11 is 1.49. The first-order chi connectivity index (χ1) is 14.2. The molecule has 0 aliphatic heterocycles. The summed E-state index contributed by atoms with van der Waals surface area (Å²) in [5.74, 6) is 0.564. The van der Waals surface area contributed by atoms with Crippen LogP contribution >= 0.6 is 11.3 Å². The number of hydrogen-bond acceptors (Lipinski definition) is 5. The van der Waals surface area contributed by atoms with E-state index >= 15 is 0 Å². The number of ether oxygens (including phenoxy) is 1. The van der Waals surface area contributed by atoms with Crippen molar-refractivity contribution in [3.05, 3.63) is 75.5 Å². The highest BCUT2D eigenvalue weighted by Gasteiger charge is 2.17. The second-order valence-corrected chi connectivity index (χ2v) is 7.53. The number of carbonyl (C=O) groups is 1. The number of imidazole rings is 1. The summed E-state index contributed by atoms with van der Waals surface area (Å²) < 4.78 is 7.09. The molecule has 0 N–H and O–H groups in total. The van der Waals surface area contributed by atoms with Gasteiger partial charge in [0.1, 0.15) is 5.82 Å². The Labute approximate surface area is 174 Å². The number of carbonyl (C=O) groups excluding carboxylic acids is 1. The van der Waals surface area contributed by atoms with Crippen LogP contribution in [0.25, 0.3) is 11.6 Å². The van der Waals surface area contributed by atoms with E-state index < -0.39 is 0 Å². The SMILES string of the molecule is CCCCc1ncc(C=C(C(=O)OC)c2cccs2)n1Cc1ccccc1C#N. The number of aryl methyl sites for hydroxylation is 1. The van der Waals surface area contributed by atoms with Crippen LogP contribution in [0, 0.1) is 11.3 Å². The smallest absolute Gasteiger partial charge is 0.339 e. The van der Waals surface area contributed by atoms with Gasteiger partial charge < -0.3 is 9.30 Å². The van der Waals surface area contributed by atoms with Gasteiger partial charge in [-0.1, -0.05) is 37.6 Å². The molecule has 0 radical (unpaired) electrons. The largest absolute Gasteiger partial charge is 0.465 e. The van der Waals surface area contributed by atoms with E-state index in [1.807, 2.05) is 47.9 Å². The maximum atomic E-state index is 12.4. The van der Waals surface area contributed by atoms with Crippen LogP contribution < -0.4 is 0 Å². The standard InChI is InChI=1S/C23H23N3O2S/c1-3-4-11-22-25-15-19(13-20(23(27)28-2)21-10-7-12-29-21)26(22)16-18-9-6-5-8-17(18)14-24/h5-10,12-13,15H,3-4,11,16H2,1-2H3. The van der Waals surface area contributed by atoms with Crippen molar-refractivity contribution < 1.29 is 9.53 Å². The molecule has 2 aromatic heterocycles. The van der Waals surface area contributed by atoms with E-state index in [1.54, 1.807) is 6.20 Å². The maximum Gasteiger partial charge on any atom is 0.339 e. The average Bonchev–Trinajstić information content (AvgIpc) is 3.41. The molecular formula is C23H23N3O2S. The number of nitrogens with zero attached hydrogens (tertiary/aromatic N) is 3. The van der Waals surface area contributed by atoms with Gasteiger partial charge >= 0.3 is 5.97 Å². The van der Waals surface area contributed by atoms with Crippen molar-refractivity contribution in [3.63, 3.8) is 0 Å². The van der Waals surface area contributed by atoms with Crippen LogP contribution in [0.5, 0.6) is 0 Å². The molecule has 5 nitrogen and oxygen atoms in total. The van der Waals surface area contributed by atoms with Crippen molar-refractivity contribution in [2.24, 2.45) is 0 Å². The van der Waals surface area contributed by atoms with Crippen molar-refractivity contribution in [2.45, 2.75) is 32.7 Å². The van der Waals surface area contributed by atoms with Crippen LogP contribution in [0.1, 0.15) is 47.3 Å². The van der Waals surface area contributed by atoms with Gasteiger partial charge in [-0.05, 0) is 35.6 Å². The van der Waals surface area contributed by atoms with Gasteiger partial charge in [-0.25, -0.2) is 9.78 Å². The zero-order valence-electron chi connectivity index (χ0n) is 16.6. The van der Waals surface area contributed by atoms with E-state index in [0.717, 1.165) is 41.2 Å². The maximum absolute atomic E-state index is 12.4. The Morgan fingerprint density at radius 1 is 1.31 bits per heavy atom. The summed E-state index contributed by atoms with van der Waals surface area (Å²) in [6.45, 7) is 2.67. The number of thiophene rings is 1. The van der Waals surface area contributed by atoms with E-state index in [2.05, 4.69) is 22.5 Å². The van der Waals surface area contributed by atoms with Gasteiger partial charge in [-0.3, -0.25) is 0 Å². The number of methoxy groups -OCH3 is 1. The lowest BCUT2D eigenvalue weighted by atomic mass is 10.1. The number of rotatable bonds is 8. The van der Waals surface area contributed by atoms with Gasteiger partial charge in [-0.2, -0.15) is 5.26 Å². The average molecular weight is 406 g/mol. The minimum Gasteiger partial charge on any atom is -0.465 e. The van der Waals surface area contributed by atoms with E-state index in [1.165, 1.54) is 18.4 Å². The minimum atomic E-state index is -0.382. The first-order valence-corrected chi connectivity index (χ1v) is 10.4. The van der Waals surface area contributed by atoms with Crippen molar-refractivity contribution in [3.8, 4) is 6.07 Å². The number of unbranched alkanes of at least 4 members (excludes halogenated alkanes) is 1. The van der Waals surface area contributed by atoms with Crippen LogP contribution in [0.4, 0.5) is 0 Å². The van der Waals surface area contributed by atoms with Crippen molar-refractivity contribution in [2.75, 3.05) is 7.11 Å². The molecule has 0 saturated carbocycles. The van der Waals surface area contributed by atoms with E-state index in [0.29, 0.717) is 17.7 Å². The predicted molar refractivity (Wildman–Crippen MR) is 115 cm³/mol. The predicted octanol–water partition coefficient (Wildman–Crippen LogP) is 4.92. The summed E-state index contributed by atoms with van der Waals surface area (Å²) in [4.78, 5) is 17.9. The molecule has 0 aliphatic rings. The molecule has 1 aromatic carbocycles. The number of hydrogen-bond donors (Lipinski definition) is 0. The summed E-state index contributed by atoms with van der Waals surface area (Å²) in [6, 6.07) is 13.6. The summed E-state index contributed by atoms with van der Waals surface area (Å²) in [7, 11) is 1.39. The fourth-order valence-corrected chi connectivity index (χ4v) is 3.85. The number of esters is 1. The van der Waals surface area contributed by atoms with Crippen LogP contribution in [0.15, 0.2) is 48.0 Å². The highest BCUT2D eigenvalue weighted by atomic mass is 32.1. The van der Waals surface area contributed by atoms with Gasteiger partial charge in [-0.15, -0.1) is 11.3 Å². The molecule has 6 heteroatoms. The van der Waals surface area contributed by atoms with Crippen molar-refractivity contribution >= 4 is 29.0 Å². The zero-order valence-corrected chi connectivity index (χ0v) is 17.4. The van der Waals surface area contributed by atoms with Gasteiger partial charge in [0, 0.05) is 11.3 Å². The quantitative estimate of drug-likeness (QED) is 0.394. The van der Waals surface area contributed by atoms with Crippen LogP contribution in [-0.2, 0) is 22.5 Å². The van der Waals surface area contributed by atoms with Crippen molar-refractivity contribution in [1.29, 1.82) is 5.26 Å². The third-order valence-electron chi connectivity index (χ3n) is 4.67. The second kappa shape index (κ2) is 9.85. The van der Waals surface area contributed by atoms with Crippen molar-refractivity contribution in [1.82, 2.24) is 9.55 Å². The second-order valence-electron chi connectivity index (χ2n) is 6.58. The molecule has 148 valence electrons. The number of nitriles is 1. The fraction of sp³-hybridized carbons (Fsp3) is 0.261. The Hall–Kier alpha value is -3.17. The molecule has 2 heterocycles. The molecule has 0 fully saturated rings. The highest BCUT2D eigenvalue weighted by molar-refractivity contribution is 7.11. The topological polar surface area (TPSA) is 67.9 Å². The van der Waals surface area contributed by atoms with E-state index in [-0.39, 0.29) is 5.97 Å². The van der Waals surface area contributed by atoms with Crippen LogP contribution in [-0.4, -0.2) is 22.6 Å². The zero-order chi connectivity index (χ0) is 20.6. The molecule has 0 saturated heterocycles. The summed E-state index contributed by atoms with van der Waals surface area (Å²) in [5.41, 5.74) is 2.89.